The van der Waals surface area contributed by atoms with Crippen molar-refractivity contribution in [3.8, 4) is 0 Å². The van der Waals surface area contributed by atoms with Gasteiger partial charge in [-0.05, 0) is 5.56 Å². The van der Waals surface area contributed by atoms with Crippen LogP contribution in [0.25, 0.3) is 5.57 Å². The van der Waals surface area contributed by atoms with Gasteiger partial charge in [-0.2, -0.15) is 0 Å². The van der Waals surface area contributed by atoms with Crippen LogP contribution in [-0.4, -0.2) is 18.3 Å². The van der Waals surface area contributed by atoms with E-state index in [2.05, 4.69) is 17.2 Å². The Morgan fingerprint density at radius 3 is 2.20 bits per heavy atom. The number of rotatable bonds is 2. The van der Waals surface area contributed by atoms with Gasteiger partial charge < -0.3 is 9.94 Å². The molecule has 0 aliphatic carbocycles. The van der Waals surface area contributed by atoms with Crippen LogP contribution in [0.15, 0.2) is 36.9 Å². The number of esters is 1. The molecule has 0 atom stereocenters. The topological polar surface area (TPSA) is 72.5 Å². The quantitative estimate of drug-likeness (QED) is 0.461. The molecule has 1 aromatic carbocycles. The van der Waals surface area contributed by atoms with Gasteiger partial charge in [-0.3, -0.25) is 0 Å². The Kier molecular flexibility index (Phi) is 9.87. The summed E-state index contributed by atoms with van der Waals surface area (Å²) in [5.74, 6) is 3.11. The summed E-state index contributed by atoms with van der Waals surface area (Å²) in [6.45, 7) is 3.62. The van der Waals surface area contributed by atoms with E-state index in [9.17, 15) is 4.79 Å². The minimum Gasteiger partial charge on any atom is -0.465 e. The number of methoxy groups -OCH3 is 1. The third-order valence-electron chi connectivity index (χ3n) is 1.55. The molecule has 0 saturated carbocycles. The molecule has 0 aromatic heterocycles. The van der Waals surface area contributed by atoms with Gasteiger partial charge in [0.2, 0.25) is 0 Å². The van der Waals surface area contributed by atoms with Crippen LogP contribution in [0.1, 0.15) is 5.56 Å². The van der Waals surface area contributed by atoms with Crippen LogP contribution >= 0.6 is 12.4 Å². The number of benzene rings is 1. The van der Waals surface area contributed by atoms with Gasteiger partial charge in [0.05, 0.1) is 12.7 Å². The molecule has 0 fully saturated rings. The highest BCUT2D eigenvalue weighted by Crippen LogP contribution is 2.12. The molecule has 4 nitrogen and oxygen atoms in total. The fourth-order valence-corrected chi connectivity index (χ4v) is 0.880. The molecular weight excluding hydrogens is 218 g/mol. The van der Waals surface area contributed by atoms with E-state index < -0.39 is 0 Å². The van der Waals surface area contributed by atoms with E-state index in [1.54, 1.807) is 0 Å². The summed E-state index contributed by atoms with van der Waals surface area (Å²) in [7, 11) is 1.34. The number of carbonyl (C=O) groups excluding carboxylic acids is 1. The molecule has 0 bridgehead atoms. The lowest BCUT2D eigenvalue weighted by Gasteiger charge is -2.01. The Bertz CT molecular complexity index is 301. The van der Waals surface area contributed by atoms with Crippen LogP contribution in [0.4, 0.5) is 0 Å². The van der Waals surface area contributed by atoms with Crippen LogP contribution in [0, 0.1) is 0 Å². The second kappa shape index (κ2) is 9.21. The molecular formula is C10H14ClNO3. The lowest BCUT2D eigenvalue weighted by Crippen LogP contribution is -2.01. The summed E-state index contributed by atoms with van der Waals surface area (Å²) in [5.41, 5.74) is 1.18. The highest BCUT2D eigenvalue weighted by Gasteiger charge is 2.07. The summed E-state index contributed by atoms with van der Waals surface area (Å²) in [4.78, 5) is 11.0. The predicted molar refractivity (Wildman–Crippen MR) is 60.7 cm³/mol. The summed E-state index contributed by atoms with van der Waals surface area (Å²) >= 11 is 0. The first-order valence-electron chi connectivity index (χ1n) is 3.84. The molecule has 0 amide bonds. The fourth-order valence-electron chi connectivity index (χ4n) is 0.880. The van der Waals surface area contributed by atoms with E-state index >= 15 is 0 Å². The van der Waals surface area contributed by atoms with E-state index in [0.717, 1.165) is 5.56 Å². The second-order valence-electron chi connectivity index (χ2n) is 2.34. The number of halogens is 1. The summed E-state index contributed by atoms with van der Waals surface area (Å²) in [6.07, 6.45) is 0. The molecule has 0 aliphatic heterocycles. The maximum absolute atomic E-state index is 11.0. The molecule has 0 unspecified atom stereocenters. The molecule has 0 radical (unpaired) electrons. The van der Waals surface area contributed by atoms with Gasteiger partial charge in [0.15, 0.2) is 0 Å². The molecule has 5 heteroatoms. The number of hydrogen-bond acceptors (Lipinski definition) is 4. The third kappa shape index (κ3) is 5.17. The molecule has 0 aliphatic rings. The zero-order valence-electron chi connectivity index (χ0n) is 8.34. The second-order valence-corrected chi connectivity index (χ2v) is 2.34. The van der Waals surface area contributed by atoms with Crippen LogP contribution in [0.3, 0.4) is 0 Å². The van der Waals surface area contributed by atoms with Crippen molar-refractivity contribution in [1.29, 1.82) is 0 Å². The van der Waals surface area contributed by atoms with Crippen LogP contribution in [0.5, 0.6) is 0 Å². The third-order valence-corrected chi connectivity index (χ3v) is 1.55. The zero-order chi connectivity index (χ0) is 11.0. The maximum Gasteiger partial charge on any atom is 0.337 e. The first-order chi connectivity index (χ1) is 6.75. The molecule has 1 rings (SSSR count). The Balaban J connectivity index is 0. The van der Waals surface area contributed by atoms with E-state index in [0.29, 0.717) is 5.57 Å². The Morgan fingerprint density at radius 2 is 1.80 bits per heavy atom. The van der Waals surface area contributed by atoms with E-state index in [1.165, 1.54) is 7.11 Å². The normalized spacial score (nSPS) is 7.67. The Morgan fingerprint density at radius 1 is 1.33 bits per heavy atom. The van der Waals surface area contributed by atoms with Gasteiger partial charge in [-0.15, -0.1) is 12.4 Å². The highest BCUT2D eigenvalue weighted by atomic mass is 35.5. The van der Waals surface area contributed by atoms with Crippen molar-refractivity contribution in [2.75, 3.05) is 7.11 Å². The monoisotopic (exact) mass is 231 g/mol. The SMILES string of the molecule is C=C(C(=O)OC)c1ccccc1.Cl.NO. The van der Waals surface area contributed by atoms with Crippen molar-refractivity contribution in [3.05, 3.63) is 42.5 Å². The Hall–Kier alpha value is -1.36. The number of nitrogens with two attached hydrogens (primary N) is 1. The van der Waals surface area contributed by atoms with Gasteiger partial charge >= 0.3 is 5.97 Å². The summed E-state index contributed by atoms with van der Waals surface area (Å²) in [6, 6.07) is 9.22. The summed E-state index contributed by atoms with van der Waals surface area (Å²) in [5, 5.41) is 6.50. The van der Waals surface area contributed by atoms with Crippen LogP contribution < -0.4 is 5.90 Å². The molecule has 15 heavy (non-hydrogen) atoms. The standard InChI is InChI=1S/C10H10O2.ClH.H3NO/c1-8(10(11)12-2)9-6-4-3-5-7-9;;1-2/h3-7H,1H2,2H3;1H;2H,1H2. The fraction of sp³-hybridized carbons (Fsp3) is 0.100. The van der Waals surface area contributed by atoms with E-state index in [4.69, 9.17) is 5.21 Å². The van der Waals surface area contributed by atoms with Crippen molar-refractivity contribution in [2.45, 2.75) is 0 Å². The van der Waals surface area contributed by atoms with Crippen molar-refractivity contribution >= 4 is 23.9 Å². The summed E-state index contributed by atoms with van der Waals surface area (Å²) < 4.78 is 4.53. The van der Waals surface area contributed by atoms with Gasteiger partial charge in [0.25, 0.3) is 0 Å². The van der Waals surface area contributed by atoms with Crippen LogP contribution in [0.2, 0.25) is 0 Å². The van der Waals surface area contributed by atoms with Gasteiger partial charge in [-0.25, -0.2) is 10.7 Å². The largest absolute Gasteiger partial charge is 0.465 e. The molecule has 0 saturated heterocycles. The lowest BCUT2D eigenvalue weighted by atomic mass is 10.1. The first-order valence-corrected chi connectivity index (χ1v) is 3.84. The van der Waals surface area contributed by atoms with Crippen molar-refractivity contribution in [3.63, 3.8) is 0 Å². The van der Waals surface area contributed by atoms with Gasteiger partial charge in [0, 0.05) is 0 Å². The average Bonchev–Trinajstić information content (AvgIpc) is 2.31. The number of ether oxygens (including phenoxy) is 1. The molecule has 3 N–H and O–H groups in total. The lowest BCUT2D eigenvalue weighted by molar-refractivity contribution is -0.133. The maximum atomic E-state index is 11.0. The molecule has 0 spiro atoms. The average molecular weight is 232 g/mol. The Labute approximate surface area is 94.7 Å². The first kappa shape index (κ1) is 16.1. The number of hydrogen-bond donors (Lipinski definition) is 2. The van der Waals surface area contributed by atoms with Gasteiger partial charge in [0.1, 0.15) is 0 Å². The minimum atomic E-state index is -0.388. The van der Waals surface area contributed by atoms with Crippen molar-refractivity contribution < 1.29 is 14.7 Å². The molecule has 0 heterocycles. The molecule has 1 aromatic rings. The highest BCUT2D eigenvalue weighted by molar-refractivity contribution is 6.15. The van der Waals surface area contributed by atoms with E-state index in [-0.39, 0.29) is 18.4 Å². The minimum absolute atomic E-state index is 0. The van der Waals surface area contributed by atoms with E-state index in [1.807, 2.05) is 30.3 Å². The zero-order valence-corrected chi connectivity index (χ0v) is 9.16. The van der Waals surface area contributed by atoms with Crippen molar-refractivity contribution in [1.82, 2.24) is 0 Å². The van der Waals surface area contributed by atoms with Crippen molar-refractivity contribution in [2.24, 2.45) is 5.90 Å². The molecule has 84 valence electrons. The number of carbonyl (C=O) groups is 1. The van der Waals surface area contributed by atoms with Gasteiger partial charge in [-0.1, -0.05) is 36.9 Å². The van der Waals surface area contributed by atoms with Crippen LogP contribution in [-0.2, 0) is 9.53 Å². The smallest absolute Gasteiger partial charge is 0.337 e. The predicted octanol–water partition coefficient (Wildman–Crippen LogP) is 1.63.